The fraction of sp³-hybridized carbons (Fsp3) is 0.421. The van der Waals surface area contributed by atoms with Crippen molar-refractivity contribution in [1.29, 1.82) is 0 Å². The van der Waals surface area contributed by atoms with E-state index in [0.717, 1.165) is 27.4 Å². The maximum absolute atomic E-state index is 15.2. The minimum absolute atomic E-state index is 0.0730. The molecule has 2 aliphatic heterocycles. The number of aryl methyl sites for hydroxylation is 1. The smallest absolute Gasteiger partial charge is 0.420 e. The van der Waals surface area contributed by atoms with E-state index in [1.807, 2.05) is 0 Å². The van der Waals surface area contributed by atoms with Gasteiger partial charge in [-0.1, -0.05) is 12.2 Å². The van der Waals surface area contributed by atoms with E-state index in [4.69, 9.17) is 16.6 Å². The topological polar surface area (TPSA) is 100 Å². The number of halogens is 2. The van der Waals surface area contributed by atoms with Crippen molar-refractivity contribution < 1.29 is 23.3 Å². The number of aromatic nitrogens is 1. The van der Waals surface area contributed by atoms with Crippen molar-refractivity contribution in [3.05, 3.63) is 53.0 Å². The molecule has 6 N–H and O–H groups in total. The van der Waals surface area contributed by atoms with Gasteiger partial charge in [0.05, 0.1) is 24.4 Å². The molecule has 3 heterocycles. The van der Waals surface area contributed by atoms with E-state index < -0.39 is 19.1 Å². The normalized spacial score (nSPS) is 20.1. The Hall–Kier alpha value is -2.23. The molecule has 0 spiro atoms. The van der Waals surface area contributed by atoms with Gasteiger partial charge in [-0.15, -0.1) is 0 Å². The summed E-state index contributed by atoms with van der Waals surface area (Å²) in [6.07, 6.45) is 8.55. The van der Waals surface area contributed by atoms with Crippen molar-refractivity contribution in [2.24, 2.45) is 11.5 Å². The Morgan fingerprint density at radius 2 is 2.04 bits per heavy atom. The van der Waals surface area contributed by atoms with Gasteiger partial charge in [-0.25, -0.2) is 0 Å². The number of fused-ring (bicyclic) bond motifs is 2. The van der Waals surface area contributed by atoms with Gasteiger partial charge >= 0.3 is 6.97 Å². The second kappa shape index (κ2) is 8.02. The van der Waals surface area contributed by atoms with Crippen LogP contribution in [-0.4, -0.2) is 50.7 Å². The van der Waals surface area contributed by atoms with Gasteiger partial charge in [0.2, 0.25) is 5.84 Å². The minimum atomic E-state index is -4.02. The molecule has 1 aromatic heterocycles. The summed E-state index contributed by atoms with van der Waals surface area (Å²) in [6, 6.07) is 2.78. The molecule has 0 amide bonds. The molecule has 0 aromatic carbocycles. The van der Waals surface area contributed by atoms with Crippen LogP contribution in [0.4, 0.5) is 8.63 Å². The molecule has 0 aliphatic carbocycles. The number of amidine groups is 1. The first-order valence-electron chi connectivity index (χ1n) is 9.53. The average Bonchev–Trinajstić information content (AvgIpc) is 3.18. The van der Waals surface area contributed by atoms with E-state index >= 15 is 8.63 Å². The molecule has 1 aromatic rings. The average molecular weight is 392 g/mol. The molecule has 0 radical (unpaired) electrons. The summed E-state index contributed by atoms with van der Waals surface area (Å²) in [5.74, 6) is 0.0730. The van der Waals surface area contributed by atoms with Gasteiger partial charge < -0.3 is 33.5 Å². The van der Waals surface area contributed by atoms with Gasteiger partial charge in [-0.2, -0.15) is 0 Å². The molecule has 2 atom stereocenters. The molecular weight excluding hydrogens is 365 g/mol. The Morgan fingerprint density at radius 1 is 1.29 bits per heavy atom. The van der Waals surface area contributed by atoms with Crippen molar-refractivity contribution in [3.8, 4) is 0 Å². The van der Waals surface area contributed by atoms with Crippen LogP contribution in [-0.2, 0) is 6.42 Å². The Balaban J connectivity index is 1.64. The lowest BCUT2D eigenvalue weighted by molar-refractivity contribution is -0.363. The molecule has 0 bridgehead atoms. The number of unbranched alkanes of at least 4 members (excludes halogenated alkanes) is 2. The van der Waals surface area contributed by atoms with Crippen molar-refractivity contribution >= 4 is 18.9 Å². The molecule has 0 unspecified atom stereocenters. The summed E-state index contributed by atoms with van der Waals surface area (Å²) in [6.45, 7) is -2.53. The second-order valence-electron chi connectivity index (χ2n) is 7.37. The van der Waals surface area contributed by atoms with Gasteiger partial charge in [0.15, 0.2) is 0 Å². The molecule has 2 aliphatic rings. The molecule has 9 heteroatoms. The van der Waals surface area contributed by atoms with Crippen LogP contribution in [0.3, 0.4) is 0 Å². The SMILES string of the molecule is CC1=CC(N)=[N+]2C1=Cc1ccc(CCCC/C=C/[C@@H](O)[C@@H](N)CO)n1[B-]2(F)F. The van der Waals surface area contributed by atoms with Crippen molar-refractivity contribution in [1.82, 2.24) is 4.48 Å². The number of aliphatic hydroxyl groups is 2. The first-order valence-corrected chi connectivity index (χ1v) is 9.53. The van der Waals surface area contributed by atoms with E-state index in [1.54, 1.807) is 43.4 Å². The lowest BCUT2D eigenvalue weighted by Gasteiger charge is -2.34. The Labute approximate surface area is 163 Å². The summed E-state index contributed by atoms with van der Waals surface area (Å²) in [5, 5.41) is 18.5. The predicted octanol–water partition coefficient (Wildman–Crippen LogP) is 1.34. The number of rotatable bonds is 8. The van der Waals surface area contributed by atoms with Crippen LogP contribution in [0.2, 0.25) is 0 Å². The van der Waals surface area contributed by atoms with Crippen LogP contribution in [0, 0.1) is 0 Å². The fourth-order valence-corrected chi connectivity index (χ4v) is 3.74. The third kappa shape index (κ3) is 3.69. The van der Waals surface area contributed by atoms with Crippen LogP contribution < -0.4 is 11.5 Å². The molecule has 152 valence electrons. The Morgan fingerprint density at radius 3 is 2.75 bits per heavy atom. The summed E-state index contributed by atoms with van der Waals surface area (Å²) in [4.78, 5) is 0. The number of hydrogen-bond acceptors (Lipinski definition) is 4. The van der Waals surface area contributed by atoms with Crippen LogP contribution in [0.5, 0.6) is 0 Å². The van der Waals surface area contributed by atoms with Crippen LogP contribution in [0.25, 0.3) is 6.08 Å². The van der Waals surface area contributed by atoms with Crippen LogP contribution >= 0.6 is 0 Å². The Kier molecular flexibility index (Phi) is 5.88. The van der Waals surface area contributed by atoms with Gasteiger partial charge in [-0.3, -0.25) is 5.73 Å². The maximum Gasteiger partial charge on any atom is 0.639 e. The third-order valence-corrected chi connectivity index (χ3v) is 5.28. The standard InChI is InChI=1S/C19H27BF2N4O2/c1-13-10-19(24)26-17(13)11-15-9-8-14(25(15)20(26,21)22)6-4-2-3-5-7-18(28)16(23)12-27/h5,7-11,16,18,27-28H,2-4,6,12,23-24H2,1H3/b7-5+/t16-,18+/m0/s1. The second-order valence-corrected chi connectivity index (χ2v) is 7.37. The monoisotopic (exact) mass is 392 g/mol. The summed E-state index contributed by atoms with van der Waals surface area (Å²) >= 11 is 0. The third-order valence-electron chi connectivity index (χ3n) is 5.28. The molecule has 0 saturated carbocycles. The van der Waals surface area contributed by atoms with E-state index in [2.05, 4.69) is 0 Å². The number of aliphatic hydroxyl groups excluding tert-OH is 2. The molecule has 3 rings (SSSR count). The summed E-state index contributed by atoms with van der Waals surface area (Å²) < 4.78 is 32.5. The molecular formula is C19H27BF2N4O2. The van der Waals surface area contributed by atoms with Crippen molar-refractivity contribution in [3.63, 3.8) is 0 Å². The zero-order valence-electron chi connectivity index (χ0n) is 15.9. The molecule has 0 saturated heterocycles. The first kappa shape index (κ1) is 20.5. The maximum atomic E-state index is 15.2. The van der Waals surface area contributed by atoms with E-state index in [1.165, 1.54) is 0 Å². The number of nitrogens with zero attached hydrogens (tertiary/aromatic N) is 2. The largest absolute Gasteiger partial charge is 0.639 e. The quantitative estimate of drug-likeness (QED) is 0.305. The molecule has 28 heavy (non-hydrogen) atoms. The highest BCUT2D eigenvalue weighted by Gasteiger charge is 2.47. The lowest BCUT2D eigenvalue weighted by Crippen LogP contribution is -2.52. The van der Waals surface area contributed by atoms with E-state index in [9.17, 15) is 5.11 Å². The highest BCUT2D eigenvalue weighted by molar-refractivity contribution is 6.58. The number of hydrogen-bond donors (Lipinski definition) is 4. The van der Waals surface area contributed by atoms with Crippen molar-refractivity contribution in [2.75, 3.05) is 6.61 Å². The number of allylic oxidation sites excluding steroid dienone is 2. The Bertz CT molecular complexity index is 873. The predicted molar refractivity (Wildman–Crippen MR) is 107 cm³/mol. The fourth-order valence-electron chi connectivity index (χ4n) is 3.74. The molecule has 6 nitrogen and oxygen atoms in total. The summed E-state index contributed by atoms with van der Waals surface area (Å²) in [5.41, 5.74) is 13.6. The van der Waals surface area contributed by atoms with Crippen LogP contribution in [0.1, 0.15) is 37.6 Å². The van der Waals surface area contributed by atoms with Gasteiger partial charge in [0.25, 0.3) is 0 Å². The van der Waals surface area contributed by atoms with E-state index in [-0.39, 0.29) is 12.4 Å². The highest BCUT2D eigenvalue weighted by Crippen LogP contribution is 2.34. The zero-order chi connectivity index (χ0) is 20.5. The lowest BCUT2D eigenvalue weighted by atomic mass is 9.90. The van der Waals surface area contributed by atoms with Gasteiger partial charge in [-0.05, 0) is 56.0 Å². The number of nitrogens with two attached hydrogens (primary N) is 2. The molecule has 0 fully saturated rings. The first-order chi connectivity index (χ1) is 13.3. The van der Waals surface area contributed by atoms with Crippen molar-refractivity contribution in [2.45, 2.75) is 44.8 Å². The zero-order valence-corrected chi connectivity index (χ0v) is 15.9. The van der Waals surface area contributed by atoms with E-state index in [0.29, 0.717) is 29.9 Å². The minimum Gasteiger partial charge on any atom is -0.420 e. The summed E-state index contributed by atoms with van der Waals surface area (Å²) in [7, 11) is 0. The highest BCUT2D eigenvalue weighted by atomic mass is 19.2. The van der Waals surface area contributed by atoms with Gasteiger partial charge in [0.1, 0.15) is 0 Å². The van der Waals surface area contributed by atoms with Crippen LogP contribution in [0.15, 0.2) is 41.6 Å². The van der Waals surface area contributed by atoms with Gasteiger partial charge in [0, 0.05) is 17.8 Å².